The molecule has 1 aromatic heterocycles. The Bertz CT molecular complexity index is 619. The highest BCUT2D eigenvalue weighted by molar-refractivity contribution is 5.93. The number of hydrogen-bond acceptors (Lipinski definition) is 3. The Hall–Kier alpha value is -2.21. The lowest BCUT2D eigenvalue weighted by Gasteiger charge is -2.10. The van der Waals surface area contributed by atoms with Gasteiger partial charge in [0.15, 0.2) is 0 Å². The Morgan fingerprint density at radius 2 is 2.00 bits per heavy atom. The predicted molar refractivity (Wildman–Crippen MR) is 79.5 cm³/mol. The van der Waals surface area contributed by atoms with Crippen molar-refractivity contribution in [3.8, 4) is 11.3 Å². The number of carbonyl (C=O) groups is 1. The zero-order valence-corrected chi connectivity index (χ0v) is 12.4. The van der Waals surface area contributed by atoms with Crippen molar-refractivity contribution in [2.24, 2.45) is 7.05 Å². The Kier molecular flexibility index (Phi) is 4.70. The number of benzene rings is 1. The van der Waals surface area contributed by atoms with Crippen molar-refractivity contribution in [3.63, 3.8) is 0 Å². The van der Waals surface area contributed by atoms with E-state index in [1.807, 2.05) is 19.0 Å². The molecule has 6 heteroatoms. The van der Waals surface area contributed by atoms with E-state index >= 15 is 0 Å². The van der Waals surface area contributed by atoms with E-state index in [1.165, 1.54) is 16.8 Å². The van der Waals surface area contributed by atoms with E-state index in [2.05, 4.69) is 10.4 Å². The minimum atomic E-state index is -0.295. The molecule has 0 saturated carbocycles. The smallest absolute Gasteiger partial charge is 0.269 e. The van der Waals surface area contributed by atoms with E-state index in [0.29, 0.717) is 17.9 Å². The molecule has 1 N–H and O–H groups in total. The molecule has 2 rings (SSSR count). The van der Waals surface area contributed by atoms with Gasteiger partial charge in [-0.2, -0.15) is 5.10 Å². The number of aryl methyl sites for hydroxylation is 1. The third kappa shape index (κ3) is 3.88. The second-order valence-corrected chi connectivity index (χ2v) is 5.10. The number of carbonyl (C=O) groups excluding carboxylic acids is 1. The van der Waals surface area contributed by atoms with Crippen molar-refractivity contribution in [1.29, 1.82) is 0 Å². The van der Waals surface area contributed by atoms with E-state index in [1.54, 1.807) is 25.2 Å². The van der Waals surface area contributed by atoms with Gasteiger partial charge in [0, 0.05) is 25.7 Å². The van der Waals surface area contributed by atoms with Crippen LogP contribution >= 0.6 is 0 Å². The molecular weight excluding hydrogens is 271 g/mol. The topological polar surface area (TPSA) is 50.2 Å². The lowest BCUT2D eigenvalue weighted by Crippen LogP contribution is -2.32. The summed E-state index contributed by atoms with van der Waals surface area (Å²) in [5.41, 5.74) is 1.91. The van der Waals surface area contributed by atoms with Gasteiger partial charge in [0.1, 0.15) is 11.5 Å². The highest BCUT2D eigenvalue weighted by Gasteiger charge is 2.13. The fraction of sp³-hybridized carbons (Fsp3) is 0.333. The average Bonchev–Trinajstić information content (AvgIpc) is 2.81. The zero-order valence-electron chi connectivity index (χ0n) is 12.4. The Labute approximate surface area is 123 Å². The van der Waals surface area contributed by atoms with Gasteiger partial charge in [-0.15, -0.1) is 0 Å². The molecule has 112 valence electrons. The number of halogens is 1. The molecule has 0 unspecified atom stereocenters. The summed E-state index contributed by atoms with van der Waals surface area (Å²) in [7, 11) is 5.61. The number of nitrogens with one attached hydrogen (secondary N) is 1. The van der Waals surface area contributed by atoms with E-state index in [0.717, 1.165) is 12.1 Å². The lowest BCUT2D eigenvalue weighted by atomic mass is 10.1. The van der Waals surface area contributed by atoms with Crippen molar-refractivity contribution in [3.05, 3.63) is 41.8 Å². The second-order valence-electron chi connectivity index (χ2n) is 5.10. The summed E-state index contributed by atoms with van der Waals surface area (Å²) in [5.74, 6) is -0.462. The van der Waals surface area contributed by atoms with Gasteiger partial charge in [-0.05, 0) is 44.4 Å². The summed E-state index contributed by atoms with van der Waals surface area (Å²) in [6, 6.07) is 7.75. The van der Waals surface area contributed by atoms with Crippen LogP contribution in [0.15, 0.2) is 30.3 Å². The Morgan fingerprint density at radius 3 is 2.62 bits per heavy atom. The van der Waals surface area contributed by atoms with Gasteiger partial charge in [0.2, 0.25) is 0 Å². The fourth-order valence-corrected chi connectivity index (χ4v) is 1.93. The van der Waals surface area contributed by atoms with Crippen molar-refractivity contribution in [2.45, 2.75) is 0 Å². The monoisotopic (exact) mass is 290 g/mol. The SMILES string of the molecule is CN(C)CCNC(=O)c1cc(-c2ccc(F)cc2)nn1C. The molecule has 1 amide bonds. The van der Waals surface area contributed by atoms with E-state index in [4.69, 9.17) is 0 Å². The van der Waals surface area contributed by atoms with Crippen LogP contribution in [0, 0.1) is 5.82 Å². The molecule has 0 atom stereocenters. The van der Waals surface area contributed by atoms with Crippen LogP contribution in [-0.4, -0.2) is 47.8 Å². The minimum absolute atomic E-state index is 0.166. The molecule has 0 aliphatic rings. The fourth-order valence-electron chi connectivity index (χ4n) is 1.93. The Morgan fingerprint density at radius 1 is 1.33 bits per heavy atom. The molecule has 1 aromatic carbocycles. The molecule has 0 fully saturated rings. The summed E-state index contributed by atoms with van der Waals surface area (Å²) >= 11 is 0. The average molecular weight is 290 g/mol. The molecule has 0 saturated heterocycles. The van der Waals surface area contributed by atoms with E-state index < -0.39 is 0 Å². The summed E-state index contributed by atoms with van der Waals surface area (Å²) < 4.78 is 14.5. The first-order valence-electron chi connectivity index (χ1n) is 6.70. The van der Waals surface area contributed by atoms with Gasteiger partial charge in [-0.3, -0.25) is 9.48 Å². The predicted octanol–water partition coefficient (Wildman–Crippen LogP) is 1.52. The van der Waals surface area contributed by atoms with Gasteiger partial charge < -0.3 is 10.2 Å². The van der Waals surface area contributed by atoms with Crippen molar-refractivity contribution in [1.82, 2.24) is 20.0 Å². The highest BCUT2D eigenvalue weighted by Crippen LogP contribution is 2.19. The first kappa shape index (κ1) is 15.2. The lowest BCUT2D eigenvalue weighted by molar-refractivity contribution is 0.0941. The van der Waals surface area contributed by atoms with Crippen molar-refractivity contribution >= 4 is 5.91 Å². The number of hydrogen-bond donors (Lipinski definition) is 1. The van der Waals surface area contributed by atoms with Crippen LogP contribution in [0.25, 0.3) is 11.3 Å². The highest BCUT2D eigenvalue weighted by atomic mass is 19.1. The minimum Gasteiger partial charge on any atom is -0.349 e. The molecule has 0 aliphatic heterocycles. The zero-order chi connectivity index (χ0) is 15.4. The van der Waals surface area contributed by atoms with Gasteiger partial charge >= 0.3 is 0 Å². The van der Waals surface area contributed by atoms with Crippen molar-refractivity contribution in [2.75, 3.05) is 27.2 Å². The molecule has 1 heterocycles. The van der Waals surface area contributed by atoms with Crippen LogP contribution in [0.5, 0.6) is 0 Å². The third-order valence-corrected chi connectivity index (χ3v) is 3.10. The number of amides is 1. The van der Waals surface area contributed by atoms with Crippen molar-refractivity contribution < 1.29 is 9.18 Å². The summed E-state index contributed by atoms with van der Waals surface area (Å²) in [4.78, 5) is 14.1. The van der Waals surface area contributed by atoms with Gasteiger partial charge in [-0.1, -0.05) is 0 Å². The molecule has 2 aromatic rings. The molecular formula is C15H19FN4O. The van der Waals surface area contributed by atoms with Gasteiger partial charge in [0.05, 0.1) is 5.69 Å². The van der Waals surface area contributed by atoms with Gasteiger partial charge in [-0.25, -0.2) is 4.39 Å². The Balaban J connectivity index is 2.11. The standard InChI is InChI=1S/C15H19FN4O/c1-19(2)9-8-17-15(21)14-10-13(18-20(14)3)11-4-6-12(16)7-5-11/h4-7,10H,8-9H2,1-3H3,(H,17,21). The normalized spacial score (nSPS) is 10.9. The summed E-state index contributed by atoms with van der Waals surface area (Å²) in [5, 5.41) is 7.14. The van der Waals surface area contributed by atoms with E-state index in [-0.39, 0.29) is 11.7 Å². The van der Waals surface area contributed by atoms with Crippen LogP contribution < -0.4 is 5.32 Å². The number of likely N-dealkylation sites (N-methyl/N-ethyl adjacent to an activating group) is 1. The summed E-state index contributed by atoms with van der Waals surface area (Å²) in [6.07, 6.45) is 0. The third-order valence-electron chi connectivity index (χ3n) is 3.10. The van der Waals surface area contributed by atoms with Gasteiger partial charge in [0.25, 0.3) is 5.91 Å². The molecule has 0 bridgehead atoms. The largest absolute Gasteiger partial charge is 0.349 e. The number of rotatable bonds is 5. The molecule has 0 aliphatic carbocycles. The van der Waals surface area contributed by atoms with E-state index in [9.17, 15) is 9.18 Å². The molecule has 5 nitrogen and oxygen atoms in total. The maximum atomic E-state index is 12.9. The maximum Gasteiger partial charge on any atom is 0.269 e. The maximum absolute atomic E-state index is 12.9. The number of nitrogens with zero attached hydrogens (tertiary/aromatic N) is 3. The van der Waals surface area contributed by atoms with Crippen LogP contribution in [0.1, 0.15) is 10.5 Å². The second kappa shape index (κ2) is 6.49. The first-order chi connectivity index (χ1) is 9.97. The molecule has 0 radical (unpaired) electrons. The van der Waals surface area contributed by atoms with Crippen LogP contribution in [0.4, 0.5) is 4.39 Å². The van der Waals surface area contributed by atoms with Crippen LogP contribution in [-0.2, 0) is 7.05 Å². The van der Waals surface area contributed by atoms with Crippen LogP contribution in [0.2, 0.25) is 0 Å². The summed E-state index contributed by atoms with van der Waals surface area (Å²) in [6.45, 7) is 1.34. The quantitative estimate of drug-likeness (QED) is 0.908. The molecule has 0 spiro atoms. The first-order valence-corrected chi connectivity index (χ1v) is 6.70. The molecule has 21 heavy (non-hydrogen) atoms. The van der Waals surface area contributed by atoms with Crippen LogP contribution in [0.3, 0.4) is 0 Å². The number of aromatic nitrogens is 2.